The first-order chi connectivity index (χ1) is 14.8. The van der Waals surface area contributed by atoms with E-state index in [4.69, 9.17) is 9.47 Å². The molecule has 31 heavy (non-hydrogen) atoms. The molecule has 6 nitrogen and oxygen atoms in total. The van der Waals surface area contributed by atoms with Gasteiger partial charge in [-0.2, -0.15) is 4.98 Å². The maximum absolute atomic E-state index is 14.3. The van der Waals surface area contributed by atoms with Gasteiger partial charge in [0.1, 0.15) is 11.4 Å². The van der Waals surface area contributed by atoms with Crippen LogP contribution in [-0.2, 0) is 11.3 Å². The summed E-state index contributed by atoms with van der Waals surface area (Å²) < 4.78 is 27.7. The third kappa shape index (κ3) is 4.98. The molecule has 0 aliphatic carbocycles. The molecule has 4 rings (SSSR count). The Bertz CT molecular complexity index is 1070. The topological polar surface area (TPSA) is 56.6 Å². The number of nitrogens with zero attached hydrogens (tertiary/aromatic N) is 3. The predicted molar refractivity (Wildman–Crippen MR) is 117 cm³/mol. The minimum absolute atomic E-state index is 0.189. The monoisotopic (exact) mass is 425 g/mol. The zero-order valence-corrected chi connectivity index (χ0v) is 18.2. The molecule has 2 aromatic carbocycles. The first-order valence-electron chi connectivity index (χ1n) is 10.6. The Kier molecular flexibility index (Phi) is 5.85. The van der Waals surface area contributed by atoms with Crippen molar-refractivity contribution in [2.24, 2.45) is 5.92 Å². The lowest BCUT2D eigenvalue weighted by atomic mass is 10.1. The summed E-state index contributed by atoms with van der Waals surface area (Å²) in [5.74, 6) is -0.0655. The fourth-order valence-electron chi connectivity index (χ4n) is 3.77. The van der Waals surface area contributed by atoms with E-state index in [9.17, 15) is 9.18 Å². The molecule has 0 unspecified atom stereocenters. The molecule has 1 aliphatic heterocycles. The van der Waals surface area contributed by atoms with Gasteiger partial charge in [-0.1, -0.05) is 30.3 Å². The molecule has 0 bridgehead atoms. The summed E-state index contributed by atoms with van der Waals surface area (Å²) in [5.41, 5.74) is 1.76. The standard InChI is InChI=1S/C24H28FN3O3/c1-24(2,3)31-23(29)27-13-12-17(14-27)16-30-22-26-20-10-6-7-11-21(20)28(22)15-18-8-4-5-9-19(18)25/h4-11,17H,12-16H2,1-3H3/t17-/m0/s1. The minimum atomic E-state index is -0.511. The Morgan fingerprint density at radius 3 is 2.68 bits per heavy atom. The molecule has 0 radical (unpaired) electrons. The van der Waals surface area contributed by atoms with Crippen LogP contribution in [0.15, 0.2) is 48.5 Å². The number of imidazole rings is 1. The number of fused-ring (bicyclic) bond motifs is 1. The van der Waals surface area contributed by atoms with Crippen molar-refractivity contribution in [3.8, 4) is 6.01 Å². The Labute approximate surface area is 181 Å². The predicted octanol–water partition coefficient (Wildman–Crippen LogP) is 4.86. The van der Waals surface area contributed by atoms with E-state index in [1.54, 1.807) is 17.0 Å². The highest BCUT2D eigenvalue weighted by atomic mass is 19.1. The van der Waals surface area contributed by atoms with E-state index in [0.29, 0.717) is 37.8 Å². The third-order valence-electron chi connectivity index (χ3n) is 5.29. The smallest absolute Gasteiger partial charge is 0.410 e. The summed E-state index contributed by atoms with van der Waals surface area (Å²) in [7, 11) is 0. The van der Waals surface area contributed by atoms with Gasteiger partial charge in [0.2, 0.25) is 0 Å². The van der Waals surface area contributed by atoms with E-state index >= 15 is 0 Å². The average molecular weight is 426 g/mol. The molecule has 7 heteroatoms. The van der Waals surface area contributed by atoms with E-state index < -0.39 is 5.60 Å². The average Bonchev–Trinajstić information content (AvgIpc) is 3.32. The molecule has 1 amide bonds. The number of para-hydroxylation sites is 2. The molecule has 1 atom stereocenters. The van der Waals surface area contributed by atoms with Crippen LogP contribution in [-0.4, -0.2) is 45.8 Å². The lowest BCUT2D eigenvalue weighted by Gasteiger charge is -2.24. The quantitative estimate of drug-likeness (QED) is 0.586. The van der Waals surface area contributed by atoms with Crippen LogP contribution in [0.3, 0.4) is 0 Å². The number of rotatable bonds is 5. The van der Waals surface area contributed by atoms with E-state index in [2.05, 4.69) is 4.98 Å². The summed E-state index contributed by atoms with van der Waals surface area (Å²) in [5, 5.41) is 0. The summed E-state index contributed by atoms with van der Waals surface area (Å²) in [4.78, 5) is 18.6. The molecule has 0 N–H and O–H groups in total. The van der Waals surface area contributed by atoms with E-state index in [0.717, 1.165) is 17.5 Å². The molecular formula is C24H28FN3O3. The lowest BCUT2D eigenvalue weighted by molar-refractivity contribution is 0.0284. The summed E-state index contributed by atoms with van der Waals surface area (Å²) in [6.45, 7) is 7.58. The van der Waals surface area contributed by atoms with Crippen LogP contribution in [0.25, 0.3) is 11.0 Å². The Hall–Kier alpha value is -3.09. The zero-order chi connectivity index (χ0) is 22.0. The number of carbonyl (C=O) groups is 1. The number of hydrogen-bond donors (Lipinski definition) is 0. The van der Waals surface area contributed by atoms with E-state index in [1.165, 1.54) is 6.07 Å². The molecule has 1 aliphatic rings. The first kappa shape index (κ1) is 21.2. The van der Waals surface area contributed by atoms with Gasteiger partial charge < -0.3 is 14.4 Å². The first-order valence-corrected chi connectivity index (χ1v) is 10.6. The maximum atomic E-state index is 14.3. The Balaban J connectivity index is 1.47. The van der Waals surface area contributed by atoms with Crippen LogP contribution in [0.5, 0.6) is 6.01 Å². The second-order valence-electron chi connectivity index (χ2n) is 8.95. The molecule has 164 valence electrons. The summed E-state index contributed by atoms with van der Waals surface area (Å²) in [6, 6.07) is 14.9. The van der Waals surface area contributed by atoms with Crippen LogP contribution < -0.4 is 4.74 Å². The molecule has 0 saturated carbocycles. The van der Waals surface area contributed by atoms with Crippen molar-refractivity contribution in [1.82, 2.24) is 14.5 Å². The van der Waals surface area contributed by atoms with Crippen LogP contribution >= 0.6 is 0 Å². The number of hydrogen-bond acceptors (Lipinski definition) is 4. The van der Waals surface area contributed by atoms with Crippen LogP contribution in [0.1, 0.15) is 32.8 Å². The number of aromatic nitrogens is 2. The number of ether oxygens (including phenoxy) is 2. The van der Waals surface area contributed by atoms with Crippen molar-refractivity contribution < 1.29 is 18.7 Å². The Morgan fingerprint density at radius 1 is 1.16 bits per heavy atom. The van der Waals surface area contributed by atoms with Crippen molar-refractivity contribution >= 4 is 17.1 Å². The second kappa shape index (κ2) is 8.57. The van der Waals surface area contributed by atoms with E-state index in [-0.39, 0.29) is 17.8 Å². The maximum Gasteiger partial charge on any atom is 0.410 e. The molecule has 3 aromatic rings. The molecule has 0 spiro atoms. The highest BCUT2D eigenvalue weighted by molar-refractivity contribution is 5.76. The summed E-state index contributed by atoms with van der Waals surface area (Å²) in [6.07, 6.45) is 0.550. The van der Waals surface area contributed by atoms with Gasteiger partial charge in [0.05, 0.1) is 24.2 Å². The number of halogens is 1. The molecule has 1 aromatic heterocycles. The molecule has 1 fully saturated rings. The summed E-state index contributed by atoms with van der Waals surface area (Å²) >= 11 is 0. The SMILES string of the molecule is CC(C)(C)OC(=O)N1CC[C@H](COc2nc3ccccc3n2Cc2ccccc2F)C1. The van der Waals surface area contributed by atoms with Gasteiger partial charge in [-0.3, -0.25) is 4.57 Å². The van der Waals surface area contributed by atoms with E-state index in [1.807, 2.05) is 55.7 Å². The number of benzene rings is 2. The van der Waals surface area contributed by atoms with Crippen molar-refractivity contribution in [3.05, 3.63) is 59.9 Å². The molecule has 2 heterocycles. The zero-order valence-electron chi connectivity index (χ0n) is 18.2. The van der Waals surface area contributed by atoms with Gasteiger partial charge >= 0.3 is 6.09 Å². The fourth-order valence-corrected chi connectivity index (χ4v) is 3.77. The normalized spacial score (nSPS) is 16.6. The van der Waals surface area contributed by atoms with Crippen LogP contribution in [0, 0.1) is 11.7 Å². The fraction of sp³-hybridized carbons (Fsp3) is 0.417. The van der Waals surface area contributed by atoms with Gasteiger partial charge in [0.25, 0.3) is 6.01 Å². The van der Waals surface area contributed by atoms with Crippen LogP contribution in [0.2, 0.25) is 0 Å². The van der Waals surface area contributed by atoms with Crippen LogP contribution in [0.4, 0.5) is 9.18 Å². The highest BCUT2D eigenvalue weighted by Crippen LogP contribution is 2.26. The van der Waals surface area contributed by atoms with Gasteiger partial charge in [0, 0.05) is 24.6 Å². The molecular weight excluding hydrogens is 397 g/mol. The van der Waals surface area contributed by atoms with Crippen molar-refractivity contribution in [2.45, 2.75) is 39.3 Å². The minimum Gasteiger partial charge on any atom is -0.464 e. The van der Waals surface area contributed by atoms with Gasteiger partial charge in [-0.25, -0.2) is 9.18 Å². The largest absolute Gasteiger partial charge is 0.464 e. The highest BCUT2D eigenvalue weighted by Gasteiger charge is 2.30. The molecule has 1 saturated heterocycles. The number of carbonyl (C=O) groups excluding carboxylic acids is 1. The number of amides is 1. The van der Waals surface area contributed by atoms with Crippen molar-refractivity contribution in [1.29, 1.82) is 0 Å². The van der Waals surface area contributed by atoms with Gasteiger partial charge in [0.15, 0.2) is 0 Å². The van der Waals surface area contributed by atoms with Crippen molar-refractivity contribution in [3.63, 3.8) is 0 Å². The van der Waals surface area contributed by atoms with Crippen molar-refractivity contribution in [2.75, 3.05) is 19.7 Å². The second-order valence-corrected chi connectivity index (χ2v) is 8.95. The lowest BCUT2D eigenvalue weighted by Crippen LogP contribution is -2.35. The Morgan fingerprint density at radius 2 is 1.90 bits per heavy atom. The van der Waals surface area contributed by atoms with Gasteiger partial charge in [-0.15, -0.1) is 0 Å². The number of likely N-dealkylation sites (tertiary alicyclic amines) is 1. The van der Waals surface area contributed by atoms with Gasteiger partial charge in [-0.05, 0) is 45.4 Å². The third-order valence-corrected chi connectivity index (χ3v) is 5.29.